The Morgan fingerprint density at radius 2 is 2.10 bits per heavy atom. The zero-order chi connectivity index (χ0) is 20.7. The number of halogens is 1. The highest BCUT2D eigenvalue weighted by Gasteiger charge is 2.54. The average molecular weight is 408 g/mol. The highest BCUT2D eigenvalue weighted by molar-refractivity contribution is 5.78. The van der Waals surface area contributed by atoms with Gasteiger partial charge in [-0.1, -0.05) is 18.2 Å². The number of rotatable bonds is 7. The number of amides is 1. The molecule has 0 atom stereocenters. The zero-order valence-electron chi connectivity index (χ0n) is 17.0. The second kappa shape index (κ2) is 7.34. The van der Waals surface area contributed by atoms with Gasteiger partial charge in [0.25, 0.3) is 0 Å². The van der Waals surface area contributed by atoms with Crippen LogP contribution in [0.2, 0.25) is 0 Å². The van der Waals surface area contributed by atoms with Gasteiger partial charge in [-0.15, -0.1) is 0 Å². The van der Waals surface area contributed by atoms with Gasteiger partial charge in [0.15, 0.2) is 5.65 Å². The molecule has 2 aromatic heterocycles. The maximum Gasteiger partial charge on any atom is 0.241 e. The van der Waals surface area contributed by atoms with Crippen LogP contribution in [0.1, 0.15) is 31.2 Å². The van der Waals surface area contributed by atoms with E-state index < -0.39 is 0 Å². The monoisotopic (exact) mass is 408 g/mol. The van der Waals surface area contributed by atoms with Gasteiger partial charge in [0.1, 0.15) is 23.7 Å². The van der Waals surface area contributed by atoms with E-state index in [0.717, 1.165) is 5.82 Å². The van der Waals surface area contributed by atoms with E-state index in [0.29, 0.717) is 41.1 Å². The van der Waals surface area contributed by atoms with Crippen LogP contribution >= 0.6 is 0 Å². The number of aromatic nitrogens is 4. The molecule has 30 heavy (non-hydrogen) atoms. The van der Waals surface area contributed by atoms with E-state index in [1.165, 1.54) is 31.7 Å². The van der Waals surface area contributed by atoms with Crippen molar-refractivity contribution < 1.29 is 9.18 Å². The fraction of sp³-hybridized carbons (Fsp3) is 0.455. The summed E-state index contributed by atoms with van der Waals surface area (Å²) in [5.41, 5.74) is 2.48. The largest absolute Gasteiger partial charge is 0.355 e. The van der Waals surface area contributed by atoms with Crippen LogP contribution in [0.3, 0.4) is 0 Å². The van der Waals surface area contributed by atoms with Gasteiger partial charge < -0.3 is 10.2 Å². The van der Waals surface area contributed by atoms with Crippen LogP contribution < -0.4 is 10.2 Å². The Hall–Kier alpha value is -3.03. The van der Waals surface area contributed by atoms with Crippen LogP contribution in [-0.4, -0.2) is 45.3 Å². The number of nitrogens with zero attached hydrogens (tertiary/aromatic N) is 5. The number of hydrogen-bond acceptors (Lipinski definition) is 5. The molecule has 1 aromatic carbocycles. The molecule has 2 heterocycles. The maximum atomic E-state index is 13.7. The van der Waals surface area contributed by atoms with Crippen molar-refractivity contribution in [3.05, 3.63) is 48.0 Å². The number of carbonyl (C=O) groups excluding carboxylic acids is 1. The van der Waals surface area contributed by atoms with E-state index >= 15 is 0 Å². The third kappa shape index (κ3) is 3.62. The Bertz CT molecular complexity index is 1080. The first-order valence-electron chi connectivity index (χ1n) is 10.4. The van der Waals surface area contributed by atoms with Crippen LogP contribution in [0, 0.1) is 11.2 Å². The van der Waals surface area contributed by atoms with Gasteiger partial charge in [0.2, 0.25) is 5.91 Å². The van der Waals surface area contributed by atoms with Crippen molar-refractivity contribution in [1.29, 1.82) is 0 Å². The normalized spacial score (nSPS) is 17.1. The molecule has 0 saturated heterocycles. The Kier molecular flexibility index (Phi) is 4.64. The van der Waals surface area contributed by atoms with Gasteiger partial charge in [-0.2, -0.15) is 5.10 Å². The summed E-state index contributed by atoms with van der Waals surface area (Å²) in [6.45, 7) is 0.414. The molecule has 156 valence electrons. The third-order valence-electron chi connectivity index (χ3n) is 6.50. The summed E-state index contributed by atoms with van der Waals surface area (Å²) < 4.78 is 15.3. The first kappa shape index (κ1) is 19.0. The SMILES string of the molecule is CN(c1cnc2cnn(CC(=O)NCCc3ccccc3F)c2n1)C1CC2(CC2)C1. The van der Waals surface area contributed by atoms with Crippen molar-refractivity contribution >= 4 is 22.9 Å². The predicted molar refractivity (Wildman–Crippen MR) is 112 cm³/mol. The Morgan fingerprint density at radius 3 is 2.87 bits per heavy atom. The van der Waals surface area contributed by atoms with E-state index in [2.05, 4.69) is 27.3 Å². The smallest absolute Gasteiger partial charge is 0.241 e. The highest BCUT2D eigenvalue weighted by Crippen LogP contribution is 2.61. The van der Waals surface area contributed by atoms with Crippen LogP contribution in [0.4, 0.5) is 10.2 Å². The lowest BCUT2D eigenvalue weighted by molar-refractivity contribution is -0.121. The number of benzene rings is 1. The van der Waals surface area contributed by atoms with Gasteiger partial charge in [0, 0.05) is 19.6 Å². The first-order chi connectivity index (χ1) is 14.5. The summed E-state index contributed by atoms with van der Waals surface area (Å²) in [4.78, 5) is 23.8. The molecule has 2 saturated carbocycles. The van der Waals surface area contributed by atoms with Crippen molar-refractivity contribution in [1.82, 2.24) is 25.1 Å². The highest BCUT2D eigenvalue weighted by atomic mass is 19.1. The average Bonchev–Trinajstić information content (AvgIpc) is 3.44. The molecule has 0 unspecified atom stereocenters. The van der Waals surface area contributed by atoms with Crippen molar-refractivity contribution in [2.24, 2.45) is 5.41 Å². The molecule has 2 aliphatic rings. The summed E-state index contributed by atoms with van der Waals surface area (Å²) in [7, 11) is 2.06. The minimum Gasteiger partial charge on any atom is -0.355 e. The van der Waals surface area contributed by atoms with Gasteiger partial charge in [-0.25, -0.2) is 19.0 Å². The molecule has 1 N–H and O–H groups in total. The standard InChI is InChI=1S/C22H25FN6O/c1-28(16-10-22(11-16)7-8-22)19-13-25-18-12-26-29(21(18)27-19)14-20(30)24-9-6-15-4-2-3-5-17(15)23/h2-5,12-13,16H,6-11,14H2,1H3,(H,24,30). The fourth-order valence-corrected chi connectivity index (χ4v) is 4.34. The molecular formula is C22H25FN6O. The molecular weight excluding hydrogens is 383 g/mol. The minimum absolute atomic E-state index is 0.0508. The molecule has 1 amide bonds. The fourth-order valence-electron chi connectivity index (χ4n) is 4.34. The number of nitrogens with one attached hydrogen (secondary N) is 1. The third-order valence-corrected chi connectivity index (χ3v) is 6.50. The lowest BCUT2D eigenvalue weighted by Crippen LogP contribution is -2.44. The van der Waals surface area contributed by atoms with E-state index in [1.54, 1.807) is 35.3 Å². The Labute approximate surface area is 174 Å². The maximum absolute atomic E-state index is 13.7. The molecule has 5 rings (SSSR count). The summed E-state index contributed by atoms with van der Waals surface area (Å²) in [6.07, 6.45) is 9.03. The summed E-state index contributed by atoms with van der Waals surface area (Å²) in [5.74, 6) is 0.368. The molecule has 3 aromatic rings. The summed E-state index contributed by atoms with van der Waals surface area (Å²) in [5, 5.41) is 7.11. The van der Waals surface area contributed by atoms with E-state index in [1.807, 2.05) is 0 Å². The summed E-state index contributed by atoms with van der Waals surface area (Å²) in [6, 6.07) is 7.11. The van der Waals surface area contributed by atoms with Crippen molar-refractivity contribution in [2.45, 2.75) is 44.7 Å². The van der Waals surface area contributed by atoms with E-state index in [9.17, 15) is 9.18 Å². The van der Waals surface area contributed by atoms with Crippen LogP contribution in [-0.2, 0) is 17.8 Å². The van der Waals surface area contributed by atoms with Gasteiger partial charge in [-0.05, 0) is 49.1 Å². The van der Waals surface area contributed by atoms with E-state index in [4.69, 9.17) is 4.98 Å². The zero-order valence-corrected chi connectivity index (χ0v) is 17.0. The van der Waals surface area contributed by atoms with Crippen molar-refractivity contribution in [3.8, 4) is 0 Å². The van der Waals surface area contributed by atoms with Crippen molar-refractivity contribution in [2.75, 3.05) is 18.5 Å². The minimum atomic E-state index is -0.254. The van der Waals surface area contributed by atoms with Gasteiger partial charge in [-0.3, -0.25) is 4.79 Å². The second-order valence-corrected chi connectivity index (χ2v) is 8.60. The Balaban J connectivity index is 1.22. The lowest BCUT2D eigenvalue weighted by Gasteiger charge is -2.42. The molecule has 8 heteroatoms. The Morgan fingerprint density at radius 1 is 1.30 bits per heavy atom. The quantitative estimate of drug-likeness (QED) is 0.651. The molecule has 2 fully saturated rings. The predicted octanol–water partition coefficient (Wildman–Crippen LogP) is 2.70. The molecule has 0 bridgehead atoms. The molecule has 1 spiro atoms. The second-order valence-electron chi connectivity index (χ2n) is 8.60. The lowest BCUT2D eigenvalue weighted by atomic mass is 9.76. The van der Waals surface area contributed by atoms with Gasteiger partial charge >= 0.3 is 0 Å². The van der Waals surface area contributed by atoms with Crippen LogP contribution in [0.15, 0.2) is 36.7 Å². The first-order valence-corrected chi connectivity index (χ1v) is 10.4. The molecule has 2 aliphatic carbocycles. The number of carbonyl (C=O) groups is 1. The topological polar surface area (TPSA) is 75.9 Å². The van der Waals surface area contributed by atoms with Crippen LogP contribution in [0.5, 0.6) is 0 Å². The number of anilines is 1. The van der Waals surface area contributed by atoms with Crippen LogP contribution in [0.25, 0.3) is 11.2 Å². The number of fused-ring (bicyclic) bond motifs is 1. The van der Waals surface area contributed by atoms with Gasteiger partial charge in [0.05, 0.1) is 12.4 Å². The number of hydrogen-bond donors (Lipinski definition) is 1. The summed E-state index contributed by atoms with van der Waals surface area (Å²) >= 11 is 0. The molecule has 7 nitrogen and oxygen atoms in total. The van der Waals surface area contributed by atoms with Crippen molar-refractivity contribution in [3.63, 3.8) is 0 Å². The molecule has 0 aliphatic heterocycles. The molecule has 0 radical (unpaired) electrons. The van der Waals surface area contributed by atoms with E-state index in [-0.39, 0.29) is 18.3 Å².